The standard InChI is InChI=1S/C7H17BrN2O2S/c1-6(8)7(2,3)9-13(11,12)10(4)5/h6,9H,1-5H3. The number of nitrogens with one attached hydrogen (secondary N) is 1. The van der Waals surface area contributed by atoms with Crippen LogP contribution in [0.2, 0.25) is 0 Å². The molecule has 1 unspecified atom stereocenters. The first-order chi connectivity index (χ1) is 5.59. The molecule has 0 spiro atoms. The Balaban J connectivity index is 4.63. The van der Waals surface area contributed by atoms with Crippen molar-refractivity contribution in [3.05, 3.63) is 0 Å². The average Bonchev–Trinajstić information content (AvgIpc) is 1.83. The summed E-state index contributed by atoms with van der Waals surface area (Å²) in [7, 11) is -0.353. The highest BCUT2D eigenvalue weighted by Crippen LogP contribution is 2.17. The summed E-state index contributed by atoms with van der Waals surface area (Å²) in [4.78, 5) is 0.0646. The first kappa shape index (κ1) is 13.4. The van der Waals surface area contributed by atoms with E-state index in [1.165, 1.54) is 14.1 Å². The summed E-state index contributed by atoms with van der Waals surface area (Å²) >= 11 is 3.35. The quantitative estimate of drug-likeness (QED) is 0.775. The molecule has 0 saturated heterocycles. The predicted octanol–water partition coefficient (Wildman–Crippen LogP) is 0.944. The first-order valence-corrected chi connectivity index (χ1v) is 6.30. The molecule has 0 aromatic rings. The van der Waals surface area contributed by atoms with E-state index in [4.69, 9.17) is 0 Å². The van der Waals surface area contributed by atoms with Crippen molar-refractivity contribution in [1.29, 1.82) is 0 Å². The van der Waals surface area contributed by atoms with Crippen molar-refractivity contribution in [2.75, 3.05) is 14.1 Å². The van der Waals surface area contributed by atoms with E-state index < -0.39 is 15.7 Å². The van der Waals surface area contributed by atoms with Crippen molar-refractivity contribution < 1.29 is 8.42 Å². The molecular formula is C7H17BrN2O2S. The molecule has 0 aliphatic rings. The van der Waals surface area contributed by atoms with Crippen LogP contribution in [-0.2, 0) is 10.2 Å². The van der Waals surface area contributed by atoms with Crippen LogP contribution in [0, 0.1) is 0 Å². The van der Waals surface area contributed by atoms with Crippen molar-refractivity contribution in [3.8, 4) is 0 Å². The van der Waals surface area contributed by atoms with E-state index in [2.05, 4.69) is 20.7 Å². The lowest BCUT2D eigenvalue weighted by atomic mass is 10.0. The van der Waals surface area contributed by atoms with Gasteiger partial charge >= 0.3 is 0 Å². The van der Waals surface area contributed by atoms with Gasteiger partial charge in [-0.15, -0.1) is 0 Å². The minimum absolute atomic E-state index is 0.0646. The van der Waals surface area contributed by atoms with Crippen LogP contribution < -0.4 is 4.72 Å². The SMILES string of the molecule is CC(Br)C(C)(C)NS(=O)(=O)N(C)C. The number of rotatable bonds is 4. The van der Waals surface area contributed by atoms with E-state index in [-0.39, 0.29) is 4.83 Å². The summed E-state index contributed by atoms with van der Waals surface area (Å²) in [6, 6.07) is 0. The third-order valence-electron chi connectivity index (χ3n) is 1.87. The molecule has 4 nitrogen and oxygen atoms in total. The van der Waals surface area contributed by atoms with Gasteiger partial charge in [0.05, 0.1) is 0 Å². The summed E-state index contributed by atoms with van der Waals surface area (Å²) in [5.41, 5.74) is -0.497. The zero-order chi connectivity index (χ0) is 10.9. The number of nitrogens with zero attached hydrogens (tertiary/aromatic N) is 1. The van der Waals surface area contributed by atoms with E-state index in [0.717, 1.165) is 4.31 Å². The third kappa shape index (κ3) is 3.93. The maximum Gasteiger partial charge on any atom is 0.279 e. The molecule has 0 aliphatic heterocycles. The van der Waals surface area contributed by atoms with Gasteiger partial charge in [0.2, 0.25) is 0 Å². The summed E-state index contributed by atoms with van der Waals surface area (Å²) in [6.07, 6.45) is 0. The minimum Gasteiger partial charge on any atom is -0.195 e. The molecule has 0 aromatic heterocycles. The molecule has 0 bridgehead atoms. The molecule has 6 heteroatoms. The van der Waals surface area contributed by atoms with Crippen molar-refractivity contribution >= 4 is 26.1 Å². The molecule has 0 fully saturated rings. The fourth-order valence-electron chi connectivity index (χ4n) is 0.505. The van der Waals surface area contributed by atoms with Crippen LogP contribution in [0.1, 0.15) is 20.8 Å². The first-order valence-electron chi connectivity index (χ1n) is 3.95. The lowest BCUT2D eigenvalue weighted by Gasteiger charge is -2.30. The third-order valence-corrected chi connectivity index (χ3v) is 4.76. The van der Waals surface area contributed by atoms with E-state index in [1.807, 2.05) is 20.8 Å². The van der Waals surface area contributed by atoms with Gasteiger partial charge in [-0.2, -0.15) is 17.4 Å². The van der Waals surface area contributed by atoms with Crippen LogP contribution in [0.5, 0.6) is 0 Å². The van der Waals surface area contributed by atoms with Gasteiger partial charge in [-0.25, -0.2) is 0 Å². The van der Waals surface area contributed by atoms with E-state index in [1.54, 1.807) is 0 Å². The highest BCUT2D eigenvalue weighted by atomic mass is 79.9. The summed E-state index contributed by atoms with van der Waals surface area (Å²) in [6.45, 7) is 5.55. The molecule has 0 aliphatic carbocycles. The number of halogens is 1. The van der Waals surface area contributed by atoms with Crippen molar-refractivity contribution in [2.24, 2.45) is 0 Å². The Kier molecular flexibility index (Phi) is 4.36. The number of hydrogen-bond acceptors (Lipinski definition) is 2. The summed E-state index contributed by atoms with van der Waals surface area (Å²) in [5, 5.41) is 0. The van der Waals surface area contributed by atoms with Gasteiger partial charge in [-0.1, -0.05) is 22.9 Å². The number of hydrogen-bond donors (Lipinski definition) is 1. The van der Waals surface area contributed by atoms with Crippen LogP contribution >= 0.6 is 15.9 Å². The zero-order valence-electron chi connectivity index (χ0n) is 8.63. The molecule has 1 N–H and O–H groups in total. The number of alkyl halides is 1. The Morgan fingerprint density at radius 1 is 1.38 bits per heavy atom. The molecule has 1 atom stereocenters. The Bertz CT molecular complexity index is 260. The predicted molar refractivity (Wildman–Crippen MR) is 58.2 cm³/mol. The van der Waals surface area contributed by atoms with E-state index in [9.17, 15) is 8.42 Å². The van der Waals surface area contributed by atoms with E-state index in [0.29, 0.717) is 0 Å². The second-order valence-electron chi connectivity index (χ2n) is 3.73. The van der Waals surface area contributed by atoms with Crippen LogP contribution in [-0.4, -0.2) is 37.2 Å². The molecular weight excluding hydrogens is 256 g/mol. The summed E-state index contributed by atoms with van der Waals surface area (Å²) < 4.78 is 26.6. The Morgan fingerprint density at radius 3 is 2.00 bits per heavy atom. The second-order valence-corrected chi connectivity index (χ2v) is 6.99. The van der Waals surface area contributed by atoms with Crippen LogP contribution in [0.3, 0.4) is 0 Å². The highest BCUT2D eigenvalue weighted by Gasteiger charge is 2.29. The van der Waals surface area contributed by atoms with Gasteiger partial charge in [0.1, 0.15) is 0 Å². The normalized spacial score (nSPS) is 16.2. The Labute approximate surface area is 89.0 Å². The fraction of sp³-hybridized carbons (Fsp3) is 1.00. The lowest BCUT2D eigenvalue weighted by Crippen LogP contribution is -2.52. The molecule has 0 aromatic carbocycles. The monoisotopic (exact) mass is 272 g/mol. The van der Waals surface area contributed by atoms with Gasteiger partial charge in [0, 0.05) is 24.5 Å². The van der Waals surface area contributed by atoms with Crippen LogP contribution in [0.4, 0.5) is 0 Å². The van der Waals surface area contributed by atoms with Gasteiger partial charge in [0.25, 0.3) is 10.2 Å². The molecule has 13 heavy (non-hydrogen) atoms. The van der Waals surface area contributed by atoms with E-state index >= 15 is 0 Å². The van der Waals surface area contributed by atoms with Crippen molar-refractivity contribution in [3.63, 3.8) is 0 Å². The smallest absolute Gasteiger partial charge is 0.195 e. The maximum absolute atomic E-state index is 11.4. The van der Waals surface area contributed by atoms with Crippen LogP contribution in [0.25, 0.3) is 0 Å². The van der Waals surface area contributed by atoms with Crippen LogP contribution in [0.15, 0.2) is 0 Å². The van der Waals surface area contributed by atoms with Crippen molar-refractivity contribution in [2.45, 2.75) is 31.1 Å². The van der Waals surface area contributed by atoms with Gasteiger partial charge < -0.3 is 0 Å². The molecule has 0 radical (unpaired) electrons. The second kappa shape index (κ2) is 4.25. The molecule has 0 saturated carbocycles. The molecule has 0 heterocycles. The Hall–Kier alpha value is 0.350. The molecule has 0 rings (SSSR count). The van der Waals surface area contributed by atoms with Gasteiger partial charge in [-0.3, -0.25) is 0 Å². The fourth-order valence-corrected chi connectivity index (χ4v) is 1.80. The molecule has 0 amide bonds. The summed E-state index contributed by atoms with van der Waals surface area (Å²) in [5.74, 6) is 0. The van der Waals surface area contributed by atoms with Gasteiger partial charge in [-0.05, 0) is 13.8 Å². The minimum atomic E-state index is -3.35. The van der Waals surface area contributed by atoms with Crippen molar-refractivity contribution in [1.82, 2.24) is 9.03 Å². The Morgan fingerprint density at radius 2 is 1.77 bits per heavy atom. The van der Waals surface area contributed by atoms with Gasteiger partial charge in [0.15, 0.2) is 0 Å². The largest absolute Gasteiger partial charge is 0.279 e. The highest BCUT2D eigenvalue weighted by molar-refractivity contribution is 9.09. The molecule has 80 valence electrons. The maximum atomic E-state index is 11.4. The lowest BCUT2D eigenvalue weighted by molar-refractivity contribution is 0.426. The zero-order valence-corrected chi connectivity index (χ0v) is 11.0. The average molecular weight is 273 g/mol. The topological polar surface area (TPSA) is 49.4 Å².